The van der Waals surface area contributed by atoms with Crippen molar-refractivity contribution in [1.82, 2.24) is 15.1 Å². The van der Waals surface area contributed by atoms with E-state index in [2.05, 4.69) is 41.3 Å². The van der Waals surface area contributed by atoms with Crippen LogP contribution in [0.3, 0.4) is 0 Å². The number of carbonyl (C=O) groups is 4. The van der Waals surface area contributed by atoms with Gasteiger partial charge in [-0.2, -0.15) is 0 Å². The summed E-state index contributed by atoms with van der Waals surface area (Å²) in [5.74, 6) is -3.46. The Hall–Kier alpha value is -3.02. The molecule has 2 unspecified atom stereocenters. The Morgan fingerprint density at radius 1 is 1.24 bits per heavy atom. The summed E-state index contributed by atoms with van der Waals surface area (Å²) >= 11 is 3.71. The third-order valence-electron chi connectivity index (χ3n) is 9.65. The van der Waals surface area contributed by atoms with Gasteiger partial charge in [-0.1, -0.05) is 78.7 Å². The third kappa shape index (κ3) is 6.82. The molecule has 2 N–H and O–H groups in total. The van der Waals surface area contributed by atoms with Gasteiger partial charge in [-0.3, -0.25) is 19.2 Å². The minimum Gasteiger partial charge on any atom is -0.455 e. The summed E-state index contributed by atoms with van der Waals surface area (Å²) in [7, 11) is 0. The molecule has 3 aliphatic heterocycles. The summed E-state index contributed by atoms with van der Waals surface area (Å²) in [6.07, 6.45) is 4.99. The number of aliphatic hydroxyl groups excluding tert-OH is 1. The molecule has 1 spiro atoms. The van der Waals surface area contributed by atoms with Crippen molar-refractivity contribution >= 4 is 39.6 Å². The number of esters is 1. The second kappa shape index (κ2) is 15.7. The van der Waals surface area contributed by atoms with Crippen LogP contribution < -0.4 is 5.32 Å². The van der Waals surface area contributed by atoms with Crippen LogP contribution in [0.25, 0.3) is 0 Å². The van der Waals surface area contributed by atoms with Crippen molar-refractivity contribution in [2.24, 2.45) is 11.8 Å². The van der Waals surface area contributed by atoms with E-state index in [9.17, 15) is 24.3 Å². The Balaban J connectivity index is 1.70. The molecule has 3 saturated heterocycles. The molecule has 3 fully saturated rings. The van der Waals surface area contributed by atoms with E-state index in [0.29, 0.717) is 31.4 Å². The molecule has 11 heteroatoms. The molecule has 3 amide bonds. The molecule has 0 radical (unpaired) electrons. The zero-order valence-electron chi connectivity index (χ0n) is 27.1. The lowest BCUT2D eigenvalue weighted by Crippen LogP contribution is -2.60. The van der Waals surface area contributed by atoms with Crippen molar-refractivity contribution in [1.29, 1.82) is 0 Å². The van der Waals surface area contributed by atoms with Gasteiger partial charge in [0.25, 0.3) is 0 Å². The molecule has 1 aromatic carbocycles. The molecule has 1 aromatic rings. The van der Waals surface area contributed by atoms with Crippen molar-refractivity contribution in [3.8, 4) is 0 Å². The number of aliphatic hydroxyl groups is 1. The number of allylic oxidation sites excluding steroid dienone is 1. The van der Waals surface area contributed by atoms with Gasteiger partial charge in [0.2, 0.25) is 17.7 Å². The number of likely N-dealkylation sites (tertiary alicyclic amines) is 1. The standard InChI is InChI=1S/C35H48BrN3O7/c1-6-10-17-27(41)37-20-26(23-15-12-11-13-16-23)45-34(44)28-29-32(42)39(24(9-4)21-40)31(35(29)19-25(36)30(28)46-35)33(43)38(18-8-3)22(5)14-7-2/h6,8,11-13,15-16,22,24-26,28-31,40H,1,3,7,9-10,14,17-21H2,2,4-5H3,(H,37,41)/t22?,24-,25?,26+,28-,29+,30-,31-,35+/m0/s1. The summed E-state index contributed by atoms with van der Waals surface area (Å²) in [5.41, 5.74) is -0.594. The second-order valence-corrected chi connectivity index (χ2v) is 13.7. The van der Waals surface area contributed by atoms with E-state index < -0.39 is 53.6 Å². The molecule has 3 aliphatic rings. The topological polar surface area (TPSA) is 125 Å². The smallest absolute Gasteiger partial charge is 0.313 e. The zero-order chi connectivity index (χ0) is 33.6. The second-order valence-electron chi connectivity index (χ2n) is 12.5. The van der Waals surface area contributed by atoms with Crippen molar-refractivity contribution < 1.29 is 33.8 Å². The Morgan fingerprint density at radius 2 is 1.96 bits per heavy atom. The van der Waals surface area contributed by atoms with Gasteiger partial charge in [0.1, 0.15) is 17.7 Å². The van der Waals surface area contributed by atoms with Crippen LogP contribution in [-0.4, -0.2) is 93.0 Å². The molecular weight excluding hydrogens is 654 g/mol. The summed E-state index contributed by atoms with van der Waals surface area (Å²) in [5, 5.41) is 13.2. The number of carbonyl (C=O) groups excluding carboxylic acids is 4. The predicted molar refractivity (Wildman–Crippen MR) is 178 cm³/mol. The summed E-state index contributed by atoms with van der Waals surface area (Å²) in [6.45, 7) is 13.4. The van der Waals surface area contributed by atoms with E-state index in [4.69, 9.17) is 9.47 Å². The van der Waals surface area contributed by atoms with E-state index in [-0.39, 0.29) is 42.3 Å². The maximum Gasteiger partial charge on any atom is 0.313 e. The molecule has 3 heterocycles. The Bertz CT molecular complexity index is 1270. The first-order valence-electron chi connectivity index (χ1n) is 16.4. The molecular formula is C35H48BrN3O7. The van der Waals surface area contributed by atoms with Crippen LogP contribution in [0.5, 0.6) is 0 Å². The number of nitrogens with zero attached hydrogens (tertiary/aromatic N) is 2. The highest BCUT2D eigenvalue weighted by Crippen LogP contribution is 2.61. The molecule has 46 heavy (non-hydrogen) atoms. The lowest BCUT2D eigenvalue weighted by atomic mass is 9.70. The number of halogens is 1. The summed E-state index contributed by atoms with van der Waals surface area (Å²) in [4.78, 5) is 58.6. The van der Waals surface area contributed by atoms with E-state index in [1.807, 2.05) is 44.2 Å². The van der Waals surface area contributed by atoms with E-state index in [0.717, 1.165) is 12.8 Å². The molecule has 4 rings (SSSR count). The fourth-order valence-electron chi connectivity index (χ4n) is 7.42. The van der Waals surface area contributed by atoms with Gasteiger partial charge in [0.05, 0.1) is 37.1 Å². The number of fused-ring (bicyclic) bond motifs is 1. The fraction of sp³-hybridized carbons (Fsp3) is 0.600. The number of hydrogen-bond donors (Lipinski definition) is 2. The van der Waals surface area contributed by atoms with Crippen molar-refractivity contribution in [3.63, 3.8) is 0 Å². The number of alkyl halides is 1. The Morgan fingerprint density at radius 3 is 2.57 bits per heavy atom. The van der Waals surface area contributed by atoms with E-state index in [1.54, 1.807) is 17.1 Å². The molecule has 0 aliphatic carbocycles. The highest BCUT2D eigenvalue weighted by Gasteiger charge is 2.77. The zero-order valence-corrected chi connectivity index (χ0v) is 28.7. The monoisotopic (exact) mass is 701 g/mol. The maximum absolute atomic E-state index is 14.6. The van der Waals surface area contributed by atoms with Crippen LogP contribution >= 0.6 is 15.9 Å². The van der Waals surface area contributed by atoms with Crippen LogP contribution in [0.1, 0.15) is 71.0 Å². The summed E-state index contributed by atoms with van der Waals surface area (Å²) < 4.78 is 12.8. The molecule has 10 nitrogen and oxygen atoms in total. The average molecular weight is 703 g/mol. The minimum absolute atomic E-state index is 0.0486. The number of rotatable bonds is 17. The van der Waals surface area contributed by atoms with Gasteiger partial charge < -0.3 is 29.7 Å². The van der Waals surface area contributed by atoms with Crippen LogP contribution in [-0.2, 0) is 28.7 Å². The quantitative estimate of drug-likeness (QED) is 0.143. The fourth-order valence-corrected chi connectivity index (χ4v) is 8.36. The molecule has 0 saturated carbocycles. The molecule has 252 valence electrons. The number of benzene rings is 1. The first kappa shape index (κ1) is 35.8. The minimum atomic E-state index is -1.29. The molecule has 2 bridgehead atoms. The Labute approximate surface area is 280 Å². The maximum atomic E-state index is 14.6. The first-order chi connectivity index (χ1) is 22.1. The van der Waals surface area contributed by atoms with Crippen molar-refractivity contribution in [2.75, 3.05) is 19.7 Å². The normalized spacial score (nSPS) is 28.2. The van der Waals surface area contributed by atoms with Crippen molar-refractivity contribution in [2.45, 2.75) is 100 Å². The highest BCUT2D eigenvalue weighted by molar-refractivity contribution is 9.09. The largest absolute Gasteiger partial charge is 0.455 e. The van der Waals surface area contributed by atoms with Crippen LogP contribution in [0, 0.1) is 11.8 Å². The van der Waals surface area contributed by atoms with Gasteiger partial charge in [-0.25, -0.2) is 0 Å². The molecule has 9 atom stereocenters. The van der Waals surface area contributed by atoms with Crippen molar-refractivity contribution in [3.05, 3.63) is 61.2 Å². The first-order valence-corrected chi connectivity index (χ1v) is 17.3. The predicted octanol–water partition coefficient (Wildman–Crippen LogP) is 4.08. The lowest BCUT2D eigenvalue weighted by molar-refractivity contribution is -0.161. The van der Waals surface area contributed by atoms with Gasteiger partial charge in [0, 0.05) is 23.8 Å². The van der Waals surface area contributed by atoms with Crippen LogP contribution in [0.15, 0.2) is 55.6 Å². The van der Waals surface area contributed by atoms with Crippen LogP contribution in [0.4, 0.5) is 0 Å². The number of nitrogens with one attached hydrogen (secondary N) is 1. The van der Waals surface area contributed by atoms with Gasteiger partial charge in [-0.05, 0) is 38.2 Å². The van der Waals surface area contributed by atoms with Gasteiger partial charge in [-0.15, -0.1) is 13.2 Å². The van der Waals surface area contributed by atoms with E-state index in [1.165, 1.54) is 4.90 Å². The number of amides is 3. The lowest BCUT2D eigenvalue weighted by Gasteiger charge is -2.40. The highest BCUT2D eigenvalue weighted by atomic mass is 79.9. The van der Waals surface area contributed by atoms with Gasteiger partial charge in [0.15, 0.2) is 0 Å². The molecule has 0 aromatic heterocycles. The van der Waals surface area contributed by atoms with Crippen LogP contribution in [0.2, 0.25) is 0 Å². The van der Waals surface area contributed by atoms with E-state index >= 15 is 0 Å². The summed E-state index contributed by atoms with van der Waals surface area (Å²) in [6, 6.07) is 7.34. The third-order valence-corrected chi connectivity index (χ3v) is 10.5. The average Bonchev–Trinajstić information content (AvgIpc) is 3.65. The van der Waals surface area contributed by atoms with Gasteiger partial charge >= 0.3 is 5.97 Å². The number of ether oxygens (including phenoxy) is 2. The Kier molecular flexibility index (Phi) is 12.2. The SMILES string of the molecule is C=CCCC(=O)NC[C@@H](OC(=O)[C@@H]1[C@H]2O[C@@]3(CC2Br)[C@H](C(=O)N(CC=C)C(C)CCC)N([C@@H](CC)CO)C(=O)[C@@H]13)c1ccccc1. The number of hydrogen-bond acceptors (Lipinski definition) is 7.